The first kappa shape index (κ1) is 21.7. The molecular formula is C21H23ClN2O6S. The van der Waals surface area contributed by atoms with Gasteiger partial charge >= 0.3 is 0 Å². The molecular weight excluding hydrogens is 444 g/mol. The quantitative estimate of drug-likeness (QED) is 0.742. The summed E-state index contributed by atoms with van der Waals surface area (Å²) >= 11 is 6.24. The fraction of sp³-hybridized carbons (Fsp3) is 0.381. The number of ether oxygens (including phenoxy) is 2. The normalized spacial score (nSPS) is 16.9. The Morgan fingerprint density at radius 2 is 1.81 bits per heavy atom. The molecule has 0 saturated carbocycles. The van der Waals surface area contributed by atoms with Crippen molar-refractivity contribution >= 4 is 27.5 Å². The summed E-state index contributed by atoms with van der Waals surface area (Å²) in [5.74, 6) is 0.612. The van der Waals surface area contributed by atoms with Crippen LogP contribution in [0.2, 0.25) is 5.02 Å². The third-order valence-electron chi connectivity index (χ3n) is 5.34. The van der Waals surface area contributed by atoms with Gasteiger partial charge in [0.2, 0.25) is 15.9 Å². The summed E-state index contributed by atoms with van der Waals surface area (Å²) in [6.45, 7) is 3.46. The lowest BCUT2D eigenvalue weighted by atomic mass is 10.1. The molecule has 2 aromatic carbocycles. The van der Waals surface area contributed by atoms with Gasteiger partial charge in [-0.05, 0) is 42.3 Å². The monoisotopic (exact) mass is 466 g/mol. The van der Waals surface area contributed by atoms with Gasteiger partial charge in [-0.1, -0.05) is 17.7 Å². The predicted molar refractivity (Wildman–Crippen MR) is 114 cm³/mol. The van der Waals surface area contributed by atoms with Gasteiger partial charge in [-0.2, -0.15) is 4.31 Å². The van der Waals surface area contributed by atoms with Crippen LogP contribution in [0, 0.1) is 6.92 Å². The zero-order valence-corrected chi connectivity index (χ0v) is 18.6. The van der Waals surface area contributed by atoms with E-state index in [0.29, 0.717) is 35.3 Å². The largest absolute Gasteiger partial charge is 0.507 e. The lowest BCUT2D eigenvalue weighted by Crippen LogP contribution is -2.50. The number of benzene rings is 2. The molecule has 0 atom stereocenters. The average molecular weight is 467 g/mol. The molecule has 1 saturated heterocycles. The molecule has 0 bridgehead atoms. The molecule has 0 aliphatic carbocycles. The summed E-state index contributed by atoms with van der Waals surface area (Å²) in [6.07, 6.45) is 0.127. The number of sulfonamides is 1. The maximum absolute atomic E-state index is 12.9. The number of hydrogen-bond acceptors (Lipinski definition) is 6. The van der Waals surface area contributed by atoms with Gasteiger partial charge < -0.3 is 19.5 Å². The molecule has 31 heavy (non-hydrogen) atoms. The highest BCUT2D eigenvalue weighted by atomic mass is 35.5. The minimum absolute atomic E-state index is 0.113. The van der Waals surface area contributed by atoms with E-state index < -0.39 is 10.0 Å². The van der Waals surface area contributed by atoms with Gasteiger partial charge in [-0.25, -0.2) is 8.42 Å². The van der Waals surface area contributed by atoms with E-state index in [0.717, 1.165) is 5.56 Å². The summed E-state index contributed by atoms with van der Waals surface area (Å²) in [7, 11) is -3.84. The van der Waals surface area contributed by atoms with E-state index in [-0.39, 0.29) is 49.2 Å². The summed E-state index contributed by atoms with van der Waals surface area (Å²) < 4.78 is 38.2. The first-order valence-electron chi connectivity index (χ1n) is 9.91. The van der Waals surface area contributed by atoms with Crippen molar-refractivity contribution in [3.05, 3.63) is 46.5 Å². The Morgan fingerprint density at radius 1 is 1.10 bits per heavy atom. The number of phenolic OH excluding ortho intramolecular Hbond substituents is 1. The molecule has 0 unspecified atom stereocenters. The van der Waals surface area contributed by atoms with E-state index >= 15 is 0 Å². The SMILES string of the molecule is Cc1ccc(O)c(S(=O)(=O)N2CCN(C(=O)Cc3cc(Cl)c4c(c3)OCCO4)CC2)c1. The molecule has 1 fully saturated rings. The molecule has 166 valence electrons. The van der Waals surface area contributed by atoms with E-state index in [9.17, 15) is 18.3 Å². The van der Waals surface area contributed by atoms with Crippen LogP contribution >= 0.6 is 11.6 Å². The second kappa shape index (κ2) is 8.57. The van der Waals surface area contributed by atoms with Crippen LogP contribution in [0.5, 0.6) is 17.2 Å². The van der Waals surface area contributed by atoms with Crippen LogP contribution < -0.4 is 9.47 Å². The van der Waals surface area contributed by atoms with Crippen LogP contribution in [0.1, 0.15) is 11.1 Å². The molecule has 2 aliphatic rings. The van der Waals surface area contributed by atoms with Crippen LogP contribution in [0.3, 0.4) is 0 Å². The number of nitrogens with zero attached hydrogens (tertiary/aromatic N) is 2. The predicted octanol–water partition coefficient (Wildman–Crippen LogP) is 2.20. The second-order valence-corrected chi connectivity index (χ2v) is 9.85. The molecule has 10 heteroatoms. The van der Waals surface area contributed by atoms with Gasteiger partial charge in [-0.15, -0.1) is 0 Å². The van der Waals surface area contributed by atoms with E-state index in [4.69, 9.17) is 21.1 Å². The molecule has 1 N–H and O–H groups in total. The summed E-state index contributed by atoms with van der Waals surface area (Å²) in [5.41, 5.74) is 1.45. The van der Waals surface area contributed by atoms with E-state index in [1.807, 2.05) is 0 Å². The molecule has 1 amide bonds. The Hall–Kier alpha value is -2.49. The third-order valence-corrected chi connectivity index (χ3v) is 7.54. The number of piperazine rings is 1. The van der Waals surface area contributed by atoms with Crippen molar-refractivity contribution in [2.75, 3.05) is 39.4 Å². The topological polar surface area (TPSA) is 96.4 Å². The number of amides is 1. The number of phenols is 1. The second-order valence-electron chi connectivity index (χ2n) is 7.53. The first-order chi connectivity index (χ1) is 14.8. The van der Waals surface area contributed by atoms with Gasteiger partial charge in [0.15, 0.2) is 11.5 Å². The minimum atomic E-state index is -3.84. The number of aromatic hydroxyl groups is 1. The van der Waals surface area contributed by atoms with Crippen molar-refractivity contribution in [2.45, 2.75) is 18.2 Å². The highest BCUT2D eigenvalue weighted by Gasteiger charge is 2.32. The standard InChI is InChI=1S/C21H23ClN2O6S/c1-14-2-3-17(25)19(10-14)31(27,28)24-6-4-23(5-7-24)20(26)13-15-11-16(22)21-18(12-15)29-8-9-30-21/h2-3,10-12,25H,4-9,13H2,1H3. The summed E-state index contributed by atoms with van der Waals surface area (Å²) in [6, 6.07) is 7.91. The third kappa shape index (κ3) is 4.44. The van der Waals surface area contributed by atoms with Crippen molar-refractivity contribution in [3.8, 4) is 17.2 Å². The number of fused-ring (bicyclic) bond motifs is 1. The maximum atomic E-state index is 12.9. The molecule has 0 radical (unpaired) electrons. The van der Waals surface area contributed by atoms with Gasteiger partial charge in [0.25, 0.3) is 0 Å². The molecule has 4 rings (SSSR count). The van der Waals surface area contributed by atoms with Crippen LogP contribution in [0.15, 0.2) is 35.2 Å². The van der Waals surface area contributed by atoms with Crippen molar-refractivity contribution in [1.82, 2.24) is 9.21 Å². The van der Waals surface area contributed by atoms with E-state index in [1.165, 1.54) is 16.4 Å². The first-order valence-corrected chi connectivity index (χ1v) is 11.7. The molecule has 2 aromatic rings. The highest BCUT2D eigenvalue weighted by Crippen LogP contribution is 2.38. The van der Waals surface area contributed by atoms with Gasteiger partial charge in [0.1, 0.15) is 23.9 Å². The molecule has 8 nitrogen and oxygen atoms in total. The Bertz CT molecular complexity index is 1110. The van der Waals surface area contributed by atoms with Gasteiger partial charge in [0.05, 0.1) is 11.4 Å². The Morgan fingerprint density at radius 3 is 2.55 bits per heavy atom. The van der Waals surface area contributed by atoms with Crippen molar-refractivity contribution in [3.63, 3.8) is 0 Å². The number of carbonyl (C=O) groups excluding carboxylic acids is 1. The van der Waals surface area contributed by atoms with Crippen LogP contribution in [-0.4, -0.2) is 68.0 Å². The lowest BCUT2D eigenvalue weighted by molar-refractivity contribution is -0.131. The fourth-order valence-electron chi connectivity index (χ4n) is 3.70. The average Bonchev–Trinajstić information content (AvgIpc) is 2.75. The van der Waals surface area contributed by atoms with Crippen molar-refractivity contribution < 1.29 is 27.8 Å². The van der Waals surface area contributed by atoms with Crippen LogP contribution in [0.25, 0.3) is 0 Å². The molecule has 0 spiro atoms. The fourth-order valence-corrected chi connectivity index (χ4v) is 5.57. The molecule has 2 heterocycles. The smallest absolute Gasteiger partial charge is 0.246 e. The van der Waals surface area contributed by atoms with Crippen molar-refractivity contribution in [1.29, 1.82) is 0 Å². The molecule has 2 aliphatic heterocycles. The Kier molecular flexibility index (Phi) is 6.00. The van der Waals surface area contributed by atoms with Gasteiger partial charge in [0, 0.05) is 26.2 Å². The van der Waals surface area contributed by atoms with Gasteiger partial charge in [-0.3, -0.25) is 4.79 Å². The Labute approximate surface area is 186 Å². The number of aryl methyl sites for hydroxylation is 1. The number of carbonyl (C=O) groups is 1. The Balaban J connectivity index is 1.41. The summed E-state index contributed by atoms with van der Waals surface area (Å²) in [4.78, 5) is 14.3. The maximum Gasteiger partial charge on any atom is 0.246 e. The number of hydrogen-bond donors (Lipinski definition) is 1. The molecule has 0 aromatic heterocycles. The van der Waals surface area contributed by atoms with Crippen LogP contribution in [0.4, 0.5) is 0 Å². The lowest BCUT2D eigenvalue weighted by Gasteiger charge is -2.34. The zero-order chi connectivity index (χ0) is 22.2. The van der Waals surface area contributed by atoms with E-state index in [2.05, 4.69) is 0 Å². The summed E-state index contributed by atoms with van der Waals surface area (Å²) in [5, 5.41) is 10.4. The van der Waals surface area contributed by atoms with Crippen LogP contribution in [-0.2, 0) is 21.2 Å². The van der Waals surface area contributed by atoms with Crippen molar-refractivity contribution in [2.24, 2.45) is 0 Å². The van der Waals surface area contributed by atoms with E-state index in [1.54, 1.807) is 30.0 Å². The number of rotatable bonds is 4. The highest BCUT2D eigenvalue weighted by molar-refractivity contribution is 7.89. The zero-order valence-electron chi connectivity index (χ0n) is 17.0. The minimum Gasteiger partial charge on any atom is -0.507 e. The number of halogens is 1.